The van der Waals surface area contributed by atoms with Crippen LogP contribution in [-0.2, 0) is 53.2 Å². The molecule has 0 aliphatic carbocycles. The average molecular weight is 615 g/mol. The fourth-order valence-electron chi connectivity index (χ4n) is 3.86. The van der Waals surface area contributed by atoms with Crippen molar-refractivity contribution in [1.29, 1.82) is 0 Å². The van der Waals surface area contributed by atoms with Gasteiger partial charge in [0.05, 0.1) is 37.2 Å². The van der Waals surface area contributed by atoms with Gasteiger partial charge in [0.25, 0.3) is 6.47 Å². The molecule has 1 radical (unpaired) electrons. The number of carboxylic acids is 1. The van der Waals surface area contributed by atoms with Crippen LogP contribution < -0.4 is 15.0 Å². The van der Waals surface area contributed by atoms with Gasteiger partial charge in [0.1, 0.15) is 0 Å². The Morgan fingerprint density at radius 3 is 2.45 bits per heavy atom. The van der Waals surface area contributed by atoms with Gasteiger partial charge in [-0.3, -0.25) is 9.59 Å². The van der Waals surface area contributed by atoms with E-state index < -0.39 is 17.7 Å². The number of aliphatic carboxylic acids is 1. The zero-order valence-electron chi connectivity index (χ0n) is 21.7. The van der Waals surface area contributed by atoms with Crippen LogP contribution in [0.15, 0.2) is 30.6 Å². The van der Waals surface area contributed by atoms with E-state index in [0.29, 0.717) is 37.2 Å². The van der Waals surface area contributed by atoms with Crippen LogP contribution in [-0.4, -0.2) is 53.8 Å². The molecule has 2 atom stereocenters. The number of carboxylic acid groups (broad SMARTS) is 1. The van der Waals surface area contributed by atoms with Gasteiger partial charge in [-0.05, 0) is 49.4 Å². The zero-order chi connectivity index (χ0) is 27.4. The standard InChI is InChI=1S/C21H25F3N4O3.C4H8O2.Y/c1-3-14-10-17(16-9-13(21(22,23)24)6-7-18(16)28(14)2)27-20-25-11-15(12-26-20)31-8-4-5-19(29)30;1-2-3-6-4-5;/h6-7,9,11-12,14,17H,3-5,8,10H2,1-2H3,(H,29,30)(H,25,26,27);4H,2-3H2,1H3;. The largest absolute Gasteiger partial charge is 0.490 e. The van der Waals surface area contributed by atoms with Gasteiger partial charge < -0.3 is 24.8 Å². The molecule has 9 nitrogen and oxygen atoms in total. The number of nitrogens with one attached hydrogen (secondary N) is 1. The summed E-state index contributed by atoms with van der Waals surface area (Å²) in [6.07, 6.45) is 1.22. The van der Waals surface area contributed by atoms with Gasteiger partial charge in [-0.25, -0.2) is 9.97 Å². The molecule has 207 valence electrons. The number of hydrogen-bond donors (Lipinski definition) is 2. The third kappa shape index (κ3) is 10.4. The molecule has 0 fully saturated rings. The predicted octanol–water partition coefficient (Wildman–Crippen LogP) is 5.08. The zero-order valence-corrected chi connectivity index (χ0v) is 24.5. The number of carbonyl (C=O) groups is 2. The Morgan fingerprint density at radius 1 is 1.24 bits per heavy atom. The van der Waals surface area contributed by atoms with E-state index in [0.717, 1.165) is 24.6 Å². The second-order valence-electron chi connectivity index (χ2n) is 8.43. The fraction of sp³-hybridized carbons (Fsp3) is 0.520. The van der Waals surface area contributed by atoms with Gasteiger partial charge in [-0.15, -0.1) is 0 Å². The van der Waals surface area contributed by atoms with Crippen molar-refractivity contribution in [2.24, 2.45) is 0 Å². The van der Waals surface area contributed by atoms with Gasteiger partial charge in [0.2, 0.25) is 5.95 Å². The smallest absolute Gasteiger partial charge is 0.416 e. The number of hydrogen-bond acceptors (Lipinski definition) is 8. The van der Waals surface area contributed by atoms with Crippen LogP contribution in [0.5, 0.6) is 5.75 Å². The third-order valence-electron chi connectivity index (χ3n) is 5.76. The number of carbonyl (C=O) groups excluding carboxylic acids is 1. The Morgan fingerprint density at radius 2 is 1.92 bits per heavy atom. The van der Waals surface area contributed by atoms with E-state index >= 15 is 0 Å². The molecule has 0 bridgehead atoms. The Bertz CT molecular complexity index is 1010. The minimum absolute atomic E-state index is 0. The SMILES string of the molecule is CCC1CC(Nc2ncc(OCCCC(=O)O)cn2)c2cc(C(F)(F)F)ccc2N1C.CCCOC=O.[Y]. The van der Waals surface area contributed by atoms with Crippen molar-refractivity contribution in [3.05, 3.63) is 41.7 Å². The number of benzene rings is 1. The molecule has 1 aliphatic heterocycles. The molecule has 2 unspecified atom stereocenters. The molecule has 1 aromatic heterocycles. The molecule has 0 saturated carbocycles. The summed E-state index contributed by atoms with van der Waals surface area (Å²) in [6.45, 7) is 5.22. The number of rotatable bonds is 11. The molecule has 38 heavy (non-hydrogen) atoms. The minimum atomic E-state index is -4.42. The second-order valence-corrected chi connectivity index (χ2v) is 8.43. The summed E-state index contributed by atoms with van der Waals surface area (Å²) in [4.78, 5) is 30.3. The Balaban J connectivity index is 0.000000925. The number of alkyl halides is 3. The quantitative estimate of drug-likeness (QED) is 0.264. The Labute approximate surface area is 245 Å². The molecule has 2 N–H and O–H groups in total. The maximum absolute atomic E-state index is 13.3. The normalized spacial score (nSPS) is 16.2. The number of aromatic nitrogens is 2. The van der Waals surface area contributed by atoms with Crippen molar-refractivity contribution in [2.75, 3.05) is 30.5 Å². The summed E-state index contributed by atoms with van der Waals surface area (Å²) >= 11 is 0. The first kappa shape index (κ1) is 33.6. The topological polar surface area (TPSA) is 114 Å². The maximum atomic E-state index is 13.3. The summed E-state index contributed by atoms with van der Waals surface area (Å²) in [6, 6.07) is 3.61. The molecule has 2 heterocycles. The summed E-state index contributed by atoms with van der Waals surface area (Å²) < 4.78 is 49.5. The van der Waals surface area contributed by atoms with Crippen LogP contribution in [0, 0.1) is 0 Å². The first-order valence-corrected chi connectivity index (χ1v) is 12.0. The molecule has 3 rings (SSSR count). The van der Waals surface area contributed by atoms with Crippen molar-refractivity contribution in [1.82, 2.24) is 9.97 Å². The van der Waals surface area contributed by atoms with Gasteiger partial charge in [0.15, 0.2) is 5.75 Å². The van der Waals surface area contributed by atoms with Crippen LogP contribution in [0.2, 0.25) is 0 Å². The van der Waals surface area contributed by atoms with E-state index in [1.165, 1.54) is 24.5 Å². The van der Waals surface area contributed by atoms with Crippen molar-refractivity contribution in [3.63, 3.8) is 0 Å². The first-order valence-electron chi connectivity index (χ1n) is 12.0. The summed E-state index contributed by atoms with van der Waals surface area (Å²) in [5.74, 6) is -0.215. The van der Waals surface area contributed by atoms with E-state index in [4.69, 9.17) is 9.84 Å². The van der Waals surface area contributed by atoms with Crippen LogP contribution in [0.3, 0.4) is 0 Å². The Hall–Kier alpha value is -2.47. The molecular weight excluding hydrogens is 582 g/mol. The van der Waals surface area contributed by atoms with Crippen LogP contribution >= 0.6 is 0 Å². The first-order chi connectivity index (χ1) is 17.6. The van der Waals surface area contributed by atoms with E-state index in [1.807, 2.05) is 25.8 Å². The van der Waals surface area contributed by atoms with Crippen LogP contribution in [0.1, 0.15) is 63.1 Å². The molecule has 0 amide bonds. The van der Waals surface area contributed by atoms with Crippen LogP contribution in [0.25, 0.3) is 0 Å². The molecule has 0 saturated heterocycles. The van der Waals surface area contributed by atoms with Crippen molar-refractivity contribution in [2.45, 2.75) is 64.2 Å². The van der Waals surface area contributed by atoms with E-state index in [9.17, 15) is 22.8 Å². The van der Waals surface area contributed by atoms with Gasteiger partial charge in [-0.1, -0.05) is 13.8 Å². The number of fused-ring (bicyclic) bond motifs is 1. The second kappa shape index (κ2) is 16.5. The number of anilines is 2. The molecule has 0 spiro atoms. The van der Waals surface area contributed by atoms with Gasteiger partial charge in [0, 0.05) is 57.9 Å². The molecule has 2 aromatic rings. The fourth-order valence-corrected chi connectivity index (χ4v) is 3.86. The molecular formula is C25H33F3N4O5Y. The molecule has 13 heteroatoms. The summed E-state index contributed by atoms with van der Waals surface area (Å²) in [7, 11) is 1.89. The Kier molecular flexibility index (Phi) is 14.6. The molecule has 1 aliphatic rings. The monoisotopic (exact) mass is 615 g/mol. The van der Waals surface area contributed by atoms with Gasteiger partial charge in [-0.2, -0.15) is 13.2 Å². The van der Waals surface area contributed by atoms with Crippen molar-refractivity contribution in [3.8, 4) is 5.75 Å². The van der Waals surface area contributed by atoms with E-state index in [1.54, 1.807) is 0 Å². The average Bonchev–Trinajstić information content (AvgIpc) is 2.87. The van der Waals surface area contributed by atoms with Crippen molar-refractivity contribution >= 4 is 24.1 Å². The maximum Gasteiger partial charge on any atom is 0.416 e. The van der Waals surface area contributed by atoms with Crippen LogP contribution in [0.4, 0.5) is 24.8 Å². The molecule has 1 aromatic carbocycles. The van der Waals surface area contributed by atoms with Gasteiger partial charge >= 0.3 is 12.1 Å². The predicted molar refractivity (Wildman–Crippen MR) is 132 cm³/mol. The van der Waals surface area contributed by atoms with E-state index in [2.05, 4.69) is 20.0 Å². The van der Waals surface area contributed by atoms with E-state index in [-0.39, 0.29) is 63.8 Å². The number of ether oxygens (including phenoxy) is 2. The minimum Gasteiger partial charge on any atom is -0.490 e. The number of halogens is 3. The number of nitrogens with zero attached hydrogens (tertiary/aromatic N) is 3. The third-order valence-corrected chi connectivity index (χ3v) is 5.76. The summed E-state index contributed by atoms with van der Waals surface area (Å²) in [5.41, 5.74) is 0.619. The summed E-state index contributed by atoms with van der Waals surface area (Å²) in [5, 5.41) is 11.8. The van der Waals surface area contributed by atoms with Crippen molar-refractivity contribution < 1.29 is 70.0 Å².